The third-order valence-electron chi connectivity index (χ3n) is 0.564. The van der Waals surface area contributed by atoms with E-state index in [1.165, 1.54) is 14.2 Å². The molecule has 0 unspecified atom stereocenters. The van der Waals surface area contributed by atoms with Crippen molar-refractivity contribution >= 4 is 0 Å². The molecule has 0 atom stereocenters. The zero-order chi connectivity index (χ0) is 17.7. The monoisotopic (exact) mass is 386 g/mol. The first kappa shape index (κ1) is 59.8. The molecular formula is C11H8Co2O8. The zero-order valence-corrected chi connectivity index (χ0v) is 12.7. The summed E-state index contributed by atoms with van der Waals surface area (Å²) in [5.74, 6) is 2.26. The molecule has 0 spiro atoms. The van der Waals surface area contributed by atoms with Crippen LogP contribution in [0, 0.1) is 52.2 Å². The first-order valence-corrected chi connectivity index (χ1v) is 3.09. The Labute approximate surface area is 144 Å². The molecule has 0 aromatic rings. The zero-order valence-electron chi connectivity index (χ0n) is 10.6. The summed E-state index contributed by atoms with van der Waals surface area (Å²) in [5.41, 5.74) is 0. The largest absolute Gasteiger partial charge is 0 e. The van der Waals surface area contributed by atoms with Gasteiger partial charge in [-0.3, -0.25) is 0 Å². The van der Waals surface area contributed by atoms with Crippen molar-refractivity contribution in [2.45, 2.75) is 6.29 Å². The van der Waals surface area contributed by atoms with Crippen molar-refractivity contribution in [2.75, 3.05) is 14.2 Å². The molecule has 0 aromatic heterocycles. The van der Waals surface area contributed by atoms with E-state index in [4.69, 9.17) is 34.3 Å². The molecule has 0 aromatic carbocycles. The van der Waals surface area contributed by atoms with Gasteiger partial charge in [0.15, 0.2) is 0 Å². The van der Waals surface area contributed by atoms with Crippen LogP contribution in [-0.2, 0) is 70.9 Å². The van der Waals surface area contributed by atoms with Crippen molar-refractivity contribution in [3.05, 3.63) is 39.9 Å². The average molecular weight is 386 g/mol. The van der Waals surface area contributed by atoms with Crippen LogP contribution in [0.2, 0.25) is 0 Å². The molecule has 0 amide bonds. The molecule has 0 N–H and O–H groups in total. The van der Waals surface area contributed by atoms with Gasteiger partial charge in [0.05, 0.1) is 0 Å². The SMILES string of the molecule is C#CC(OC)OC.[C-]#[O+].[C-]#[O+].[C-]#[O+].[C-]#[O+].[C-]#[O+].[C-]#[O+].[Co].[Co]. The van der Waals surface area contributed by atoms with E-state index in [-0.39, 0.29) is 33.6 Å². The summed E-state index contributed by atoms with van der Waals surface area (Å²) in [5, 5.41) is 0. The number of hydrogen-bond donors (Lipinski definition) is 0. The molecule has 0 aliphatic carbocycles. The van der Waals surface area contributed by atoms with Gasteiger partial charge in [0, 0.05) is 47.8 Å². The predicted octanol–water partition coefficient (Wildman–Crippen LogP) is 0.00844. The number of methoxy groups -OCH3 is 2. The summed E-state index contributed by atoms with van der Waals surface area (Å²) in [7, 11) is 2.99. The molecule has 21 heavy (non-hydrogen) atoms. The number of hydrogen-bond acceptors (Lipinski definition) is 2. The molecule has 0 rings (SSSR count). The Morgan fingerprint density at radius 3 is 0.810 bits per heavy atom. The van der Waals surface area contributed by atoms with Crippen molar-refractivity contribution in [3.63, 3.8) is 0 Å². The second-order valence-electron chi connectivity index (χ2n) is 0.970. The quantitative estimate of drug-likeness (QED) is 0.286. The van der Waals surface area contributed by atoms with Gasteiger partial charge < -0.3 is 9.47 Å². The third kappa shape index (κ3) is 223. The molecule has 118 valence electrons. The van der Waals surface area contributed by atoms with Gasteiger partial charge in [0.2, 0.25) is 6.29 Å². The molecule has 0 saturated carbocycles. The van der Waals surface area contributed by atoms with E-state index in [0.29, 0.717) is 0 Å². The van der Waals surface area contributed by atoms with E-state index in [0.717, 1.165) is 0 Å². The van der Waals surface area contributed by atoms with E-state index in [1.54, 1.807) is 0 Å². The first-order valence-electron chi connectivity index (χ1n) is 3.09. The molecule has 0 saturated heterocycles. The Hall–Kier alpha value is -1.07. The predicted molar refractivity (Wildman–Crippen MR) is 50.2 cm³/mol. The molecule has 0 bridgehead atoms. The van der Waals surface area contributed by atoms with E-state index in [9.17, 15) is 0 Å². The van der Waals surface area contributed by atoms with Crippen molar-refractivity contribution in [1.82, 2.24) is 0 Å². The molecule has 0 aliphatic heterocycles. The number of rotatable bonds is 2. The van der Waals surface area contributed by atoms with Crippen LogP contribution < -0.4 is 0 Å². The van der Waals surface area contributed by atoms with Crippen LogP contribution in [0.1, 0.15) is 0 Å². The Kier molecular flexibility index (Phi) is 712. The van der Waals surface area contributed by atoms with Gasteiger partial charge in [-0.05, 0) is 5.92 Å². The fraction of sp³-hybridized carbons (Fsp3) is 0.273. The second-order valence-corrected chi connectivity index (χ2v) is 0.970. The van der Waals surface area contributed by atoms with Crippen LogP contribution in [0.15, 0.2) is 0 Å². The Balaban J connectivity index is -0.0000000128. The molecule has 10 heteroatoms. The van der Waals surface area contributed by atoms with Gasteiger partial charge in [0.25, 0.3) is 0 Å². The van der Waals surface area contributed by atoms with Crippen molar-refractivity contribution < 1.29 is 70.9 Å². The topological polar surface area (TPSA) is 138 Å². The fourth-order valence-electron chi connectivity index (χ4n) is 0.232. The summed E-state index contributed by atoms with van der Waals surface area (Å²) in [6, 6.07) is 0. The molecule has 0 fully saturated rings. The maximum absolute atomic E-state index is 7.50. The minimum Gasteiger partial charge on any atom is 0 e. The summed E-state index contributed by atoms with van der Waals surface area (Å²) in [6.45, 7) is 27.0. The fourth-order valence-corrected chi connectivity index (χ4v) is 0.232. The minimum absolute atomic E-state index is 0. The van der Waals surface area contributed by atoms with Gasteiger partial charge >= 0.3 is 67.8 Å². The van der Waals surface area contributed by atoms with Crippen LogP contribution in [0.4, 0.5) is 0 Å². The van der Waals surface area contributed by atoms with E-state index in [1.807, 2.05) is 0 Å². The number of ether oxygens (including phenoxy) is 2. The van der Waals surface area contributed by atoms with E-state index >= 15 is 0 Å². The van der Waals surface area contributed by atoms with Crippen molar-refractivity contribution in [3.8, 4) is 12.3 Å². The second kappa shape index (κ2) is 250. The molecule has 8 nitrogen and oxygen atoms in total. The first-order chi connectivity index (χ1) is 9.35. The third-order valence-corrected chi connectivity index (χ3v) is 0.564. The van der Waals surface area contributed by atoms with E-state index < -0.39 is 6.29 Å². The maximum Gasteiger partial charge on any atom is 0 e. The molecular weight excluding hydrogens is 378 g/mol. The van der Waals surface area contributed by atoms with Gasteiger partial charge in [-0.2, -0.15) is 0 Å². The van der Waals surface area contributed by atoms with Crippen molar-refractivity contribution in [2.24, 2.45) is 0 Å². The van der Waals surface area contributed by atoms with Gasteiger partial charge in [-0.25, -0.2) is 0 Å². The summed E-state index contributed by atoms with van der Waals surface area (Å²) >= 11 is 0. The summed E-state index contributed by atoms with van der Waals surface area (Å²) in [6.07, 6.45) is 4.41. The van der Waals surface area contributed by atoms with Gasteiger partial charge in [-0.1, -0.05) is 0 Å². The standard InChI is InChI=1S/C5H8O2.6CO.2Co/c1-4-5(6-2)7-3;6*1-2;;/h1,5H,2-3H3;;;;;;;;. The van der Waals surface area contributed by atoms with Crippen LogP contribution >= 0.6 is 0 Å². The smallest absolute Gasteiger partial charge is 0 e. The summed E-state index contributed by atoms with van der Waals surface area (Å²) in [4.78, 5) is 0. The maximum atomic E-state index is 7.50. The summed E-state index contributed by atoms with van der Waals surface area (Å²) < 4.78 is 54.2. The normalized spacial score (nSPS) is 3.52. The van der Waals surface area contributed by atoms with Crippen LogP contribution in [0.25, 0.3) is 0 Å². The van der Waals surface area contributed by atoms with Crippen molar-refractivity contribution in [1.29, 1.82) is 0 Å². The Morgan fingerprint density at radius 1 is 0.667 bits per heavy atom. The van der Waals surface area contributed by atoms with Crippen LogP contribution in [0.3, 0.4) is 0 Å². The number of terminal acetylenes is 1. The minimum atomic E-state index is -0.486. The molecule has 0 heterocycles. The van der Waals surface area contributed by atoms with Gasteiger partial charge in [-0.15, -0.1) is 6.42 Å². The average Bonchev–Trinajstić information content (AvgIpc) is 2.60. The van der Waals surface area contributed by atoms with Crippen LogP contribution in [0.5, 0.6) is 0 Å². The van der Waals surface area contributed by atoms with Crippen LogP contribution in [-0.4, -0.2) is 20.5 Å². The van der Waals surface area contributed by atoms with E-state index in [2.05, 4.69) is 55.3 Å². The molecule has 0 aliphatic rings. The Bertz CT molecular complexity index is 221. The van der Waals surface area contributed by atoms with Gasteiger partial charge in [0.1, 0.15) is 0 Å². The molecule has 2 radical (unpaired) electrons. The Morgan fingerprint density at radius 2 is 0.810 bits per heavy atom.